The van der Waals surface area contributed by atoms with E-state index in [0.717, 1.165) is 12.8 Å². The van der Waals surface area contributed by atoms with Gasteiger partial charge in [-0.2, -0.15) is 0 Å². The van der Waals surface area contributed by atoms with Crippen molar-refractivity contribution in [2.24, 2.45) is 0 Å². The van der Waals surface area contributed by atoms with Crippen LogP contribution in [0.2, 0.25) is 0 Å². The number of halogens is 2. The van der Waals surface area contributed by atoms with Crippen LogP contribution in [-0.4, -0.2) is 17.2 Å². The molecule has 0 aromatic heterocycles. The van der Waals surface area contributed by atoms with Crippen molar-refractivity contribution < 1.29 is 9.53 Å². The van der Waals surface area contributed by atoms with Crippen LogP contribution >= 0.6 is 23.2 Å². The third-order valence-electron chi connectivity index (χ3n) is 1.45. The van der Waals surface area contributed by atoms with Gasteiger partial charge >= 0.3 is 0 Å². The van der Waals surface area contributed by atoms with Crippen molar-refractivity contribution in [1.82, 2.24) is 0 Å². The van der Waals surface area contributed by atoms with Crippen LogP contribution in [0.15, 0.2) is 11.8 Å². The second-order valence-electron chi connectivity index (χ2n) is 2.28. The molecule has 0 saturated carbocycles. The first-order valence-electron chi connectivity index (χ1n) is 3.35. The normalized spacial score (nSPS) is 17.5. The van der Waals surface area contributed by atoms with E-state index in [4.69, 9.17) is 27.9 Å². The van der Waals surface area contributed by atoms with Gasteiger partial charge in [-0.3, -0.25) is 4.79 Å². The van der Waals surface area contributed by atoms with Gasteiger partial charge < -0.3 is 4.74 Å². The molecule has 0 atom stereocenters. The van der Waals surface area contributed by atoms with Crippen molar-refractivity contribution in [3.8, 4) is 0 Å². The molecule has 1 aliphatic rings. The summed E-state index contributed by atoms with van der Waals surface area (Å²) in [6, 6.07) is 0. The van der Waals surface area contributed by atoms with Crippen LogP contribution < -0.4 is 0 Å². The molecule has 0 amide bonds. The monoisotopic (exact) mass is 194 g/mol. The highest BCUT2D eigenvalue weighted by Crippen LogP contribution is 2.17. The SMILES string of the molecule is O=C(C1=COCCC1)C(Cl)Cl. The van der Waals surface area contributed by atoms with Crippen LogP contribution in [-0.2, 0) is 9.53 Å². The van der Waals surface area contributed by atoms with Crippen LogP contribution in [0.3, 0.4) is 0 Å². The predicted octanol–water partition coefficient (Wildman–Crippen LogP) is 2.05. The van der Waals surface area contributed by atoms with E-state index in [9.17, 15) is 4.79 Å². The molecule has 0 fully saturated rings. The predicted molar refractivity (Wildman–Crippen MR) is 43.8 cm³/mol. The fourth-order valence-electron chi connectivity index (χ4n) is 0.886. The second kappa shape index (κ2) is 3.98. The van der Waals surface area contributed by atoms with Gasteiger partial charge in [0.25, 0.3) is 0 Å². The van der Waals surface area contributed by atoms with Crippen molar-refractivity contribution >= 4 is 29.0 Å². The Morgan fingerprint density at radius 3 is 2.82 bits per heavy atom. The number of Topliss-reactive ketones (excluding diaryl/α,β-unsaturated/α-hetero) is 1. The molecule has 0 aromatic rings. The number of carbonyl (C=O) groups excluding carboxylic acids is 1. The Morgan fingerprint density at radius 1 is 1.64 bits per heavy atom. The van der Waals surface area contributed by atoms with Crippen LogP contribution in [0.25, 0.3) is 0 Å². The summed E-state index contributed by atoms with van der Waals surface area (Å²) in [7, 11) is 0. The van der Waals surface area contributed by atoms with Crippen molar-refractivity contribution in [3.05, 3.63) is 11.8 Å². The van der Waals surface area contributed by atoms with E-state index in [1.54, 1.807) is 0 Å². The minimum Gasteiger partial charge on any atom is -0.501 e. The lowest BCUT2D eigenvalue weighted by Crippen LogP contribution is -2.14. The summed E-state index contributed by atoms with van der Waals surface area (Å²) < 4.78 is 4.95. The molecule has 4 heteroatoms. The third kappa shape index (κ3) is 2.38. The molecule has 0 aromatic carbocycles. The van der Waals surface area contributed by atoms with Crippen molar-refractivity contribution in [2.45, 2.75) is 17.7 Å². The number of rotatable bonds is 2. The lowest BCUT2D eigenvalue weighted by molar-refractivity contribution is -0.114. The summed E-state index contributed by atoms with van der Waals surface area (Å²) in [4.78, 5) is 10.1. The van der Waals surface area contributed by atoms with Crippen LogP contribution in [0.1, 0.15) is 12.8 Å². The number of ether oxygens (including phenoxy) is 1. The highest BCUT2D eigenvalue weighted by molar-refractivity contribution is 6.55. The minimum atomic E-state index is -0.956. The fourth-order valence-corrected chi connectivity index (χ4v) is 1.17. The molecule has 0 spiro atoms. The maximum atomic E-state index is 11.1. The number of hydrogen-bond donors (Lipinski definition) is 0. The number of hydrogen-bond acceptors (Lipinski definition) is 2. The van der Waals surface area contributed by atoms with E-state index < -0.39 is 4.84 Å². The van der Waals surface area contributed by atoms with E-state index in [0.29, 0.717) is 12.2 Å². The van der Waals surface area contributed by atoms with Gasteiger partial charge in [0.2, 0.25) is 0 Å². The van der Waals surface area contributed by atoms with Crippen molar-refractivity contribution in [3.63, 3.8) is 0 Å². The fraction of sp³-hybridized carbons (Fsp3) is 0.571. The van der Waals surface area contributed by atoms with Gasteiger partial charge in [0.15, 0.2) is 10.6 Å². The third-order valence-corrected chi connectivity index (χ3v) is 1.84. The van der Waals surface area contributed by atoms with Crippen molar-refractivity contribution in [2.75, 3.05) is 6.61 Å². The van der Waals surface area contributed by atoms with Crippen LogP contribution in [0.4, 0.5) is 0 Å². The van der Waals surface area contributed by atoms with E-state index in [1.807, 2.05) is 0 Å². The zero-order valence-corrected chi connectivity index (χ0v) is 7.36. The molecule has 0 N–H and O–H groups in total. The van der Waals surface area contributed by atoms with E-state index in [1.165, 1.54) is 6.26 Å². The highest BCUT2D eigenvalue weighted by Gasteiger charge is 2.18. The quantitative estimate of drug-likeness (QED) is 0.630. The molecule has 0 unspecified atom stereocenters. The molecular weight excluding hydrogens is 187 g/mol. The molecule has 1 aliphatic heterocycles. The molecule has 1 heterocycles. The molecule has 11 heavy (non-hydrogen) atoms. The average Bonchev–Trinajstić information content (AvgIpc) is 2.05. The lowest BCUT2D eigenvalue weighted by atomic mass is 10.1. The number of ketones is 1. The van der Waals surface area contributed by atoms with Gasteiger partial charge in [-0.05, 0) is 12.8 Å². The van der Waals surface area contributed by atoms with E-state index in [-0.39, 0.29) is 5.78 Å². The molecular formula is C7H8Cl2O2. The van der Waals surface area contributed by atoms with E-state index >= 15 is 0 Å². The Kier molecular flexibility index (Phi) is 3.21. The Hall–Kier alpha value is -0.210. The maximum Gasteiger partial charge on any atom is 0.194 e. The van der Waals surface area contributed by atoms with Crippen molar-refractivity contribution in [1.29, 1.82) is 0 Å². The van der Waals surface area contributed by atoms with Crippen LogP contribution in [0, 0.1) is 0 Å². The summed E-state index contributed by atoms with van der Waals surface area (Å²) >= 11 is 10.8. The van der Waals surface area contributed by atoms with Crippen LogP contribution in [0.5, 0.6) is 0 Å². The summed E-state index contributed by atoms with van der Waals surface area (Å²) in [5, 5.41) is 0. The van der Waals surface area contributed by atoms with Gasteiger partial charge in [-0.15, -0.1) is 0 Å². The summed E-state index contributed by atoms with van der Waals surface area (Å²) in [6.07, 6.45) is 3.02. The van der Waals surface area contributed by atoms with E-state index in [2.05, 4.69) is 0 Å². The first-order valence-corrected chi connectivity index (χ1v) is 4.22. The van der Waals surface area contributed by atoms with Gasteiger partial charge in [0.05, 0.1) is 12.9 Å². The zero-order valence-electron chi connectivity index (χ0n) is 5.85. The second-order valence-corrected chi connectivity index (χ2v) is 3.38. The maximum absolute atomic E-state index is 11.1. The topological polar surface area (TPSA) is 26.3 Å². The lowest BCUT2D eigenvalue weighted by Gasteiger charge is -2.12. The standard InChI is InChI=1S/C7H8Cl2O2/c8-7(9)6(10)5-2-1-3-11-4-5/h4,7H,1-3H2. The first kappa shape index (κ1) is 8.88. The van der Waals surface area contributed by atoms with Gasteiger partial charge in [-0.1, -0.05) is 23.2 Å². The number of carbonyl (C=O) groups is 1. The molecule has 0 saturated heterocycles. The Balaban J connectivity index is 2.58. The Labute approximate surface area is 75.1 Å². The summed E-state index contributed by atoms with van der Waals surface area (Å²) in [6.45, 7) is 0.673. The number of alkyl halides is 2. The smallest absolute Gasteiger partial charge is 0.194 e. The summed E-state index contributed by atoms with van der Waals surface area (Å²) in [5.74, 6) is -0.243. The highest BCUT2D eigenvalue weighted by atomic mass is 35.5. The molecule has 0 radical (unpaired) electrons. The number of allylic oxidation sites excluding steroid dienone is 1. The Bertz CT molecular complexity index is 187. The molecule has 62 valence electrons. The first-order chi connectivity index (χ1) is 5.22. The Morgan fingerprint density at radius 2 is 2.36 bits per heavy atom. The average molecular weight is 195 g/mol. The largest absolute Gasteiger partial charge is 0.501 e. The van der Waals surface area contributed by atoms with Gasteiger partial charge in [0.1, 0.15) is 0 Å². The summed E-state index contributed by atoms with van der Waals surface area (Å²) in [5.41, 5.74) is 0.589. The molecule has 1 rings (SSSR count). The minimum absolute atomic E-state index is 0.243. The molecule has 0 bridgehead atoms. The molecule has 2 nitrogen and oxygen atoms in total. The van der Waals surface area contributed by atoms with Gasteiger partial charge in [0, 0.05) is 5.57 Å². The van der Waals surface area contributed by atoms with Gasteiger partial charge in [-0.25, -0.2) is 0 Å². The molecule has 0 aliphatic carbocycles. The zero-order chi connectivity index (χ0) is 8.27.